The average molecular weight is 323 g/mol. The van der Waals surface area contributed by atoms with Crippen molar-refractivity contribution >= 4 is 11.6 Å². The smallest absolute Gasteiger partial charge is 0.229 e. The summed E-state index contributed by atoms with van der Waals surface area (Å²) in [5, 5.41) is 0. The second-order valence-corrected chi connectivity index (χ2v) is 6.45. The fourth-order valence-corrected chi connectivity index (χ4v) is 3.57. The van der Waals surface area contributed by atoms with Crippen LogP contribution >= 0.6 is 0 Å². The first-order valence-corrected chi connectivity index (χ1v) is 8.37. The van der Waals surface area contributed by atoms with Crippen molar-refractivity contribution < 1.29 is 4.79 Å². The van der Waals surface area contributed by atoms with Gasteiger partial charge in [0.05, 0.1) is 23.9 Å². The molecule has 0 aliphatic carbocycles. The molecule has 3 aromatic heterocycles. The Morgan fingerprint density at radius 1 is 1.38 bits per heavy atom. The molecule has 1 atom stereocenters. The summed E-state index contributed by atoms with van der Waals surface area (Å²) >= 11 is 0. The molecule has 3 aromatic rings. The Hall–Kier alpha value is -2.63. The summed E-state index contributed by atoms with van der Waals surface area (Å²) in [5.74, 6) is 1.04. The molecule has 1 amide bonds. The van der Waals surface area contributed by atoms with Gasteiger partial charge in [0.25, 0.3) is 0 Å². The summed E-state index contributed by atoms with van der Waals surface area (Å²) < 4.78 is 2.01. The largest absolute Gasteiger partial charge is 0.344 e. The molecule has 1 N–H and O–H groups in total. The van der Waals surface area contributed by atoms with Crippen LogP contribution in [0.2, 0.25) is 0 Å². The number of nitrogens with one attached hydrogen (secondary N) is 1. The SMILES string of the molecule is Cc1cnc([C@@H]2CCCN2C(=O)Cc2c(C)nc3ccccn23)[nH]1. The van der Waals surface area contributed by atoms with E-state index >= 15 is 0 Å². The number of aromatic nitrogens is 4. The van der Waals surface area contributed by atoms with E-state index in [-0.39, 0.29) is 11.9 Å². The molecule has 1 aliphatic heterocycles. The van der Waals surface area contributed by atoms with Gasteiger partial charge >= 0.3 is 0 Å². The van der Waals surface area contributed by atoms with Crippen LogP contribution in [0.1, 0.15) is 41.8 Å². The highest BCUT2D eigenvalue weighted by Gasteiger charge is 2.32. The van der Waals surface area contributed by atoms with Crippen molar-refractivity contribution in [1.82, 2.24) is 24.3 Å². The number of aromatic amines is 1. The van der Waals surface area contributed by atoms with Crippen LogP contribution in [0.4, 0.5) is 0 Å². The first-order valence-electron chi connectivity index (χ1n) is 8.37. The van der Waals surface area contributed by atoms with Crippen molar-refractivity contribution in [3.63, 3.8) is 0 Å². The molecule has 0 saturated carbocycles. The van der Waals surface area contributed by atoms with Crippen molar-refractivity contribution in [3.8, 4) is 0 Å². The molecule has 6 heteroatoms. The topological polar surface area (TPSA) is 66.3 Å². The molecule has 1 fully saturated rings. The van der Waals surface area contributed by atoms with E-state index in [1.807, 2.05) is 53.7 Å². The van der Waals surface area contributed by atoms with Crippen LogP contribution in [-0.2, 0) is 11.2 Å². The lowest BCUT2D eigenvalue weighted by molar-refractivity contribution is -0.131. The van der Waals surface area contributed by atoms with E-state index < -0.39 is 0 Å². The molecule has 0 bridgehead atoms. The molecule has 0 radical (unpaired) electrons. The van der Waals surface area contributed by atoms with Gasteiger partial charge in [-0.2, -0.15) is 0 Å². The minimum absolute atomic E-state index is 0.0608. The number of amides is 1. The van der Waals surface area contributed by atoms with E-state index in [1.54, 1.807) is 0 Å². The van der Waals surface area contributed by atoms with Gasteiger partial charge in [-0.1, -0.05) is 6.07 Å². The molecule has 1 saturated heterocycles. The third-order valence-corrected chi connectivity index (χ3v) is 4.76. The van der Waals surface area contributed by atoms with Gasteiger partial charge in [-0.3, -0.25) is 4.79 Å². The Bertz CT molecular complexity index is 894. The summed E-state index contributed by atoms with van der Waals surface area (Å²) in [6.45, 7) is 4.74. The average Bonchev–Trinajstić information content (AvgIpc) is 3.27. The summed E-state index contributed by atoms with van der Waals surface area (Å²) in [7, 11) is 0. The number of aryl methyl sites for hydroxylation is 2. The van der Waals surface area contributed by atoms with Gasteiger partial charge in [-0.15, -0.1) is 0 Å². The standard InChI is InChI=1S/C18H21N5O/c1-12-11-19-18(20-12)14-6-5-9-23(14)17(24)10-15-13(2)21-16-7-3-4-8-22(15)16/h3-4,7-8,11,14H,5-6,9-10H2,1-2H3,(H,19,20)/t14-/m0/s1. The van der Waals surface area contributed by atoms with Gasteiger partial charge in [0.1, 0.15) is 11.5 Å². The quantitative estimate of drug-likeness (QED) is 0.805. The zero-order valence-corrected chi connectivity index (χ0v) is 14.0. The molecule has 4 heterocycles. The number of imidazole rings is 2. The molecular formula is C18H21N5O. The van der Waals surface area contributed by atoms with Crippen molar-refractivity contribution in [3.05, 3.63) is 53.5 Å². The fourth-order valence-electron chi connectivity index (χ4n) is 3.57. The summed E-state index contributed by atoms with van der Waals surface area (Å²) in [4.78, 5) is 27.2. The van der Waals surface area contributed by atoms with Crippen molar-refractivity contribution in [2.24, 2.45) is 0 Å². The lowest BCUT2D eigenvalue weighted by Gasteiger charge is -2.23. The number of rotatable bonds is 3. The van der Waals surface area contributed by atoms with E-state index in [0.717, 1.165) is 47.9 Å². The highest BCUT2D eigenvalue weighted by molar-refractivity contribution is 5.79. The summed E-state index contributed by atoms with van der Waals surface area (Å²) in [5.41, 5.74) is 3.80. The van der Waals surface area contributed by atoms with Crippen LogP contribution in [0.5, 0.6) is 0 Å². The lowest BCUT2D eigenvalue weighted by atomic mass is 10.2. The second-order valence-electron chi connectivity index (χ2n) is 6.45. The van der Waals surface area contributed by atoms with Crippen molar-refractivity contribution in [2.45, 2.75) is 39.2 Å². The maximum atomic E-state index is 12.9. The van der Waals surface area contributed by atoms with E-state index in [4.69, 9.17) is 0 Å². The van der Waals surface area contributed by atoms with E-state index in [2.05, 4.69) is 15.0 Å². The Labute approximate surface area is 140 Å². The van der Waals surface area contributed by atoms with E-state index in [0.29, 0.717) is 6.42 Å². The number of likely N-dealkylation sites (tertiary alicyclic amines) is 1. The summed E-state index contributed by atoms with van der Waals surface area (Å²) in [6, 6.07) is 5.95. The van der Waals surface area contributed by atoms with Gasteiger partial charge < -0.3 is 14.3 Å². The Kier molecular flexibility index (Phi) is 3.59. The molecular weight excluding hydrogens is 302 g/mol. The van der Waals surface area contributed by atoms with E-state index in [1.165, 1.54) is 0 Å². The highest BCUT2D eigenvalue weighted by atomic mass is 16.2. The molecule has 6 nitrogen and oxygen atoms in total. The number of hydrogen-bond donors (Lipinski definition) is 1. The first kappa shape index (κ1) is 14.9. The first-order chi connectivity index (χ1) is 11.6. The number of carbonyl (C=O) groups is 1. The van der Waals surface area contributed by atoms with E-state index in [9.17, 15) is 4.79 Å². The third-order valence-electron chi connectivity index (χ3n) is 4.76. The minimum Gasteiger partial charge on any atom is -0.344 e. The van der Waals surface area contributed by atoms with Crippen LogP contribution in [0.15, 0.2) is 30.6 Å². The highest BCUT2D eigenvalue weighted by Crippen LogP contribution is 2.31. The molecule has 0 aromatic carbocycles. The Balaban J connectivity index is 1.60. The molecule has 124 valence electrons. The molecule has 4 rings (SSSR count). The number of hydrogen-bond acceptors (Lipinski definition) is 3. The molecule has 0 spiro atoms. The van der Waals surface area contributed by atoms with Gasteiger partial charge in [0, 0.05) is 24.6 Å². The minimum atomic E-state index is 0.0608. The predicted octanol–water partition coefficient (Wildman–Crippen LogP) is 2.58. The van der Waals surface area contributed by atoms with Crippen LogP contribution in [0.25, 0.3) is 5.65 Å². The van der Waals surface area contributed by atoms with Crippen molar-refractivity contribution in [1.29, 1.82) is 0 Å². The van der Waals surface area contributed by atoms with Gasteiger partial charge in [-0.05, 0) is 38.8 Å². The fraction of sp³-hybridized carbons (Fsp3) is 0.389. The van der Waals surface area contributed by atoms with Gasteiger partial charge in [0.15, 0.2) is 0 Å². The Morgan fingerprint density at radius 3 is 3.04 bits per heavy atom. The predicted molar refractivity (Wildman–Crippen MR) is 90.6 cm³/mol. The zero-order valence-electron chi connectivity index (χ0n) is 14.0. The zero-order chi connectivity index (χ0) is 16.7. The number of carbonyl (C=O) groups excluding carboxylic acids is 1. The maximum absolute atomic E-state index is 12.9. The van der Waals surface area contributed by atoms with Crippen LogP contribution < -0.4 is 0 Å². The summed E-state index contributed by atoms with van der Waals surface area (Å²) in [6.07, 6.45) is 6.14. The monoisotopic (exact) mass is 323 g/mol. The van der Waals surface area contributed by atoms with Crippen LogP contribution in [-0.4, -0.2) is 36.7 Å². The second kappa shape index (κ2) is 5.78. The third kappa shape index (κ3) is 2.48. The lowest BCUT2D eigenvalue weighted by Crippen LogP contribution is -2.32. The normalized spacial score (nSPS) is 17.8. The Morgan fingerprint density at radius 2 is 2.25 bits per heavy atom. The molecule has 24 heavy (non-hydrogen) atoms. The van der Waals surface area contributed by atoms with Crippen molar-refractivity contribution in [2.75, 3.05) is 6.54 Å². The van der Waals surface area contributed by atoms with Crippen LogP contribution in [0.3, 0.4) is 0 Å². The number of fused-ring (bicyclic) bond motifs is 1. The number of H-pyrrole nitrogens is 1. The molecule has 1 aliphatic rings. The van der Waals surface area contributed by atoms with Crippen LogP contribution in [0, 0.1) is 13.8 Å². The maximum Gasteiger partial charge on any atom is 0.229 e. The van der Waals surface area contributed by atoms with Gasteiger partial charge in [0.2, 0.25) is 5.91 Å². The van der Waals surface area contributed by atoms with Gasteiger partial charge in [-0.25, -0.2) is 9.97 Å². The number of pyridine rings is 1. The molecule has 0 unspecified atom stereocenters. The number of nitrogens with zero attached hydrogens (tertiary/aromatic N) is 4.